The van der Waals surface area contributed by atoms with Crippen molar-refractivity contribution in [3.05, 3.63) is 58.1 Å². The number of nitrogens with one attached hydrogen (secondary N) is 2. The van der Waals surface area contributed by atoms with Gasteiger partial charge in [-0.05, 0) is 24.3 Å². The number of halogens is 4. The number of rotatable bonds is 2. The van der Waals surface area contributed by atoms with E-state index in [4.69, 9.17) is 23.2 Å². The molecule has 0 radical (unpaired) electrons. The highest BCUT2D eigenvalue weighted by Gasteiger charge is 2.18. The first-order valence-electron chi connectivity index (χ1n) is 5.90. The second kappa shape index (κ2) is 6.72. The summed E-state index contributed by atoms with van der Waals surface area (Å²) in [5, 5.41) is 4.52. The molecule has 0 atom stereocenters. The van der Waals surface area contributed by atoms with E-state index in [-0.39, 0.29) is 21.4 Å². The number of hydrogen-bond donors (Lipinski definition) is 2. The molecule has 2 aromatic carbocycles. The first-order chi connectivity index (χ1) is 10.4. The zero-order chi connectivity index (χ0) is 16.3. The fourth-order valence-corrected chi connectivity index (χ4v) is 2.05. The van der Waals surface area contributed by atoms with E-state index in [1.54, 1.807) is 6.07 Å². The average molecular weight is 345 g/mol. The summed E-state index contributed by atoms with van der Waals surface area (Å²) in [6.07, 6.45) is 0. The monoisotopic (exact) mass is 344 g/mol. The van der Waals surface area contributed by atoms with Gasteiger partial charge in [-0.1, -0.05) is 29.3 Å². The van der Waals surface area contributed by atoms with Gasteiger partial charge < -0.3 is 10.6 Å². The van der Waals surface area contributed by atoms with Crippen LogP contribution in [-0.2, 0) is 9.59 Å². The van der Waals surface area contributed by atoms with E-state index < -0.39 is 23.4 Å². The number of benzene rings is 2. The zero-order valence-corrected chi connectivity index (χ0v) is 12.3. The fourth-order valence-electron chi connectivity index (χ4n) is 1.56. The van der Waals surface area contributed by atoms with Crippen molar-refractivity contribution in [1.82, 2.24) is 0 Å². The van der Waals surface area contributed by atoms with Gasteiger partial charge in [0.05, 0.1) is 21.4 Å². The number of hydrogen-bond acceptors (Lipinski definition) is 2. The minimum Gasteiger partial charge on any atom is -0.315 e. The van der Waals surface area contributed by atoms with Crippen LogP contribution in [-0.4, -0.2) is 11.8 Å². The van der Waals surface area contributed by atoms with Crippen LogP contribution < -0.4 is 10.6 Å². The molecule has 0 unspecified atom stereocenters. The number of carbonyl (C=O) groups is 2. The maximum atomic E-state index is 13.4. The molecule has 4 nitrogen and oxygen atoms in total. The molecule has 0 fully saturated rings. The quantitative estimate of drug-likeness (QED) is 0.813. The van der Waals surface area contributed by atoms with Gasteiger partial charge in [0.1, 0.15) is 11.6 Å². The zero-order valence-electron chi connectivity index (χ0n) is 10.8. The molecule has 0 heterocycles. The standard InChI is InChI=1S/C14H8Cl2F2N2O2/c15-8-2-1-3-9(16)12(8)20-14(22)13(21)19-11-5-4-7(17)6-10(11)18/h1-6H,(H,19,21)(H,20,22). The highest BCUT2D eigenvalue weighted by molar-refractivity contribution is 6.46. The highest BCUT2D eigenvalue weighted by Crippen LogP contribution is 2.29. The molecule has 2 N–H and O–H groups in total. The summed E-state index contributed by atoms with van der Waals surface area (Å²) in [4.78, 5) is 23.5. The molecule has 0 aliphatic heterocycles. The van der Waals surface area contributed by atoms with Crippen molar-refractivity contribution >= 4 is 46.4 Å². The molecule has 22 heavy (non-hydrogen) atoms. The van der Waals surface area contributed by atoms with E-state index in [0.717, 1.165) is 12.1 Å². The fraction of sp³-hybridized carbons (Fsp3) is 0. The summed E-state index contributed by atoms with van der Waals surface area (Å²) in [7, 11) is 0. The Hall–Kier alpha value is -2.18. The number of para-hydroxylation sites is 1. The van der Waals surface area contributed by atoms with Crippen LogP contribution in [0.3, 0.4) is 0 Å². The number of amides is 2. The van der Waals surface area contributed by atoms with Crippen molar-refractivity contribution in [2.24, 2.45) is 0 Å². The van der Waals surface area contributed by atoms with Gasteiger partial charge in [-0.25, -0.2) is 8.78 Å². The first kappa shape index (κ1) is 16.2. The van der Waals surface area contributed by atoms with Gasteiger partial charge in [-0.15, -0.1) is 0 Å². The van der Waals surface area contributed by atoms with Crippen molar-refractivity contribution in [1.29, 1.82) is 0 Å². The third-order valence-corrected chi connectivity index (χ3v) is 3.22. The lowest BCUT2D eigenvalue weighted by Crippen LogP contribution is -2.29. The molecule has 114 valence electrons. The molecule has 0 aromatic heterocycles. The topological polar surface area (TPSA) is 58.2 Å². The van der Waals surface area contributed by atoms with Gasteiger partial charge in [-0.3, -0.25) is 9.59 Å². The van der Waals surface area contributed by atoms with Crippen molar-refractivity contribution in [2.45, 2.75) is 0 Å². The van der Waals surface area contributed by atoms with E-state index in [2.05, 4.69) is 5.32 Å². The summed E-state index contributed by atoms with van der Waals surface area (Å²) < 4.78 is 26.2. The van der Waals surface area contributed by atoms with Gasteiger partial charge in [-0.2, -0.15) is 0 Å². The van der Waals surface area contributed by atoms with E-state index in [1.807, 2.05) is 5.32 Å². The summed E-state index contributed by atoms with van der Waals surface area (Å²) in [6.45, 7) is 0. The van der Waals surface area contributed by atoms with Crippen molar-refractivity contribution in [3.8, 4) is 0 Å². The van der Waals surface area contributed by atoms with Gasteiger partial charge in [0.15, 0.2) is 0 Å². The largest absolute Gasteiger partial charge is 0.315 e. The molecule has 8 heteroatoms. The lowest BCUT2D eigenvalue weighted by molar-refractivity contribution is -0.133. The summed E-state index contributed by atoms with van der Waals surface area (Å²) in [6, 6.07) is 7.04. The molecular weight excluding hydrogens is 337 g/mol. The SMILES string of the molecule is O=C(Nc1ccc(F)cc1F)C(=O)Nc1c(Cl)cccc1Cl. The van der Waals surface area contributed by atoms with Crippen LogP contribution in [0.5, 0.6) is 0 Å². The van der Waals surface area contributed by atoms with Gasteiger partial charge in [0.2, 0.25) is 0 Å². The minimum absolute atomic E-state index is 0.0607. The van der Waals surface area contributed by atoms with E-state index in [0.29, 0.717) is 6.07 Å². The van der Waals surface area contributed by atoms with E-state index >= 15 is 0 Å². The lowest BCUT2D eigenvalue weighted by atomic mass is 10.3. The number of anilines is 2. The maximum Gasteiger partial charge on any atom is 0.314 e. The van der Waals surface area contributed by atoms with Crippen LogP contribution in [0.1, 0.15) is 0 Å². The van der Waals surface area contributed by atoms with Crippen molar-refractivity contribution < 1.29 is 18.4 Å². The Morgan fingerprint density at radius 2 is 1.50 bits per heavy atom. The third kappa shape index (κ3) is 3.72. The Labute approximate surface area is 134 Å². The minimum atomic E-state index is -1.15. The predicted molar refractivity (Wildman–Crippen MR) is 80.1 cm³/mol. The smallest absolute Gasteiger partial charge is 0.314 e. The Balaban J connectivity index is 2.11. The van der Waals surface area contributed by atoms with Gasteiger partial charge in [0.25, 0.3) is 0 Å². The predicted octanol–water partition coefficient (Wildman–Crippen LogP) is 3.85. The van der Waals surface area contributed by atoms with E-state index in [9.17, 15) is 18.4 Å². The summed E-state index contributed by atoms with van der Waals surface area (Å²) >= 11 is 11.7. The second-order valence-electron chi connectivity index (χ2n) is 4.13. The van der Waals surface area contributed by atoms with Crippen molar-refractivity contribution in [2.75, 3.05) is 10.6 Å². The summed E-state index contributed by atoms with van der Waals surface area (Å²) in [5.74, 6) is -4.06. The van der Waals surface area contributed by atoms with E-state index in [1.165, 1.54) is 12.1 Å². The molecule has 2 aromatic rings. The van der Waals surface area contributed by atoms with Crippen LogP contribution in [0.2, 0.25) is 10.0 Å². The third-order valence-electron chi connectivity index (χ3n) is 2.59. The molecule has 0 bridgehead atoms. The molecule has 0 saturated heterocycles. The van der Waals surface area contributed by atoms with Gasteiger partial charge in [0, 0.05) is 6.07 Å². The Bertz CT molecular complexity index is 733. The summed E-state index contributed by atoms with van der Waals surface area (Å²) in [5.41, 5.74) is -0.266. The number of carbonyl (C=O) groups excluding carboxylic acids is 2. The molecule has 0 aliphatic carbocycles. The highest BCUT2D eigenvalue weighted by atomic mass is 35.5. The lowest BCUT2D eigenvalue weighted by Gasteiger charge is -2.09. The van der Waals surface area contributed by atoms with Crippen molar-refractivity contribution in [3.63, 3.8) is 0 Å². The van der Waals surface area contributed by atoms with Crippen LogP contribution in [0.15, 0.2) is 36.4 Å². The average Bonchev–Trinajstić information content (AvgIpc) is 2.45. The van der Waals surface area contributed by atoms with Gasteiger partial charge >= 0.3 is 11.8 Å². The second-order valence-corrected chi connectivity index (χ2v) is 4.94. The van der Waals surface area contributed by atoms with Crippen LogP contribution in [0, 0.1) is 11.6 Å². The molecular formula is C14H8Cl2F2N2O2. The maximum absolute atomic E-state index is 13.4. The van der Waals surface area contributed by atoms with Crippen LogP contribution >= 0.6 is 23.2 Å². The van der Waals surface area contributed by atoms with Crippen LogP contribution in [0.25, 0.3) is 0 Å². The Kier molecular flexibility index (Phi) is 4.95. The molecule has 2 rings (SSSR count). The normalized spacial score (nSPS) is 10.2. The molecule has 2 amide bonds. The molecule has 0 spiro atoms. The van der Waals surface area contributed by atoms with Crippen LogP contribution in [0.4, 0.5) is 20.2 Å². The molecule has 0 saturated carbocycles. The molecule has 0 aliphatic rings. The Morgan fingerprint density at radius 1 is 0.909 bits per heavy atom. The first-order valence-corrected chi connectivity index (χ1v) is 6.65. The Morgan fingerprint density at radius 3 is 2.09 bits per heavy atom.